The topological polar surface area (TPSA) is 56.2 Å². The fraction of sp³-hybridized carbons (Fsp3) is 0.444. The second-order valence-electron chi connectivity index (χ2n) is 6.50. The predicted octanol–water partition coefficient (Wildman–Crippen LogP) is 3.48. The van der Waals surface area contributed by atoms with E-state index in [2.05, 4.69) is 10.3 Å². The van der Waals surface area contributed by atoms with Gasteiger partial charge in [0.1, 0.15) is 6.10 Å². The van der Waals surface area contributed by atoms with Crippen molar-refractivity contribution in [1.29, 1.82) is 0 Å². The third-order valence-electron chi connectivity index (χ3n) is 4.88. The van der Waals surface area contributed by atoms with Crippen LogP contribution < -0.4 is 5.32 Å². The van der Waals surface area contributed by atoms with Crippen molar-refractivity contribution in [3.05, 3.63) is 52.6 Å². The van der Waals surface area contributed by atoms with Crippen LogP contribution in [0.3, 0.4) is 0 Å². The highest BCUT2D eigenvalue weighted by Crippen LogP contribution is 2.28. The number of fused-ring (bicyclic) bond motifs is 1. The van der Waals surface area contributed by atoms with E-state index in [1.165, 1.54) is 12.8 Å². The summed E-state index contributed by atoms with van der Waals surface area (Å²) in [5.74, 6) is -0.0795. The monoisotopic (exact) mass is 345 g/mol. The molecule has 1 aliphatic carbocycles. The number of carbonyl (C=O) groups excluding carboxylic acids is 1. The van der Waals surface area contributed by atoms with Crippen LogP contribution in [0.5, 0.6) is 0 Å². The highest BCUT2D eigenvalue weighted by Gasteiger charge is 2.27. The largest absolute Gasteiger partial charge is 0.365 e. The van der Waals surface area contributed by atoms with Gasteiger partial charge < -0.3 is 14.6 Å². The SMILES string of the molecule is O=C(NC1CCCC1)c1ncn2c1COC(c1ccc(Cl)cc1)C2. The number of halogens is 1. The van der Waals surface area contributed by atoms with Crippen LogP contribution in [0.15, 0.2) is 30.6 Å². The molecule has 0 spiro atoms. The summed E-state index contributed by atoms with van der Waals surface area (Å²) < 4.78 is 7.99. The summed E-state index contributed by atoms with van der Waals surface area (Å²) in [5, 5.41) is 3.81. The molecule has 1 atom stereocenters. The summed E-state index contributed by atoms with van der Waals surface area (Å²) in [6.45, 7) is 1.04. The Morgan fingerprint density at radius 3 is 2.75 bits per heavy atom. The molecule has 1 aliphatic heterocycles. The van der Waals surface area contributed by atoms with Gasteiger partial charge in [-0.2, -0.15) is 0 Å². The Balaban J connectivity index is 1.48. The molecule has 24 heavy (non-hydrogen) atoms. The summed E-state index contributed by atoms with van der Waals surface area (Å²) in [7, 11) is 0. The van der Waals surface area contributed by atoms with E-state index in [-0.39, 0.29) is 12.0 Å². The Kier molecular flexibility index (Phi) is 4.29. The van der Waals surface area contributed by atoms with E-state index >= 15 is 0 Å². The fourth-order valence-electron chi connectivity index (χ4n) is 3.52. The van der Waals surface area contributed by atoms with Crippen LogP contribution in [0, 0.1) is 0 Å². The van der Waals surface area contributed by atoms with Crippen LogP contribution in [-0.4, -0.2) is 21.5 Å². The molecule has 1 fully saturated rings. The zero-order valence-corrected chi connectivity index (χ0v) is 14.1. The molecule has 2 heterocycles. The number of nitrogens with one attached hydrogen (secondary N) is 1. The average Bonchev–Trinajstić information content (AvgIpc) is 3.24. The zero-order valence-electron chi connectivity index (χ0n) is 13.4. The number of hydrogen-bond donors (Lipinski definition) is 1. The molecule has 0 bridgehead atoms. The smallest absolute Gasteiger partial charge is 0.272 e. The van der Waals surface area contributed by atoms with Gasteiger partial charge in [-0.25, -0.2) is 4.98 Å². The normalized spacial score (nSPS) is 20.8. The predicted molar refractivity (Wildman–Crippen MR) is 90.9 cm³/mol. The number of rotatable bonds is 3. The number of aromatic nitrogens is 2. The van der Waals surface area contributed by atoms with Crippen molar-refractivity contribution in [3.8, 4) is 0 Å². The summed E-state index contributed by atoms with van der Waals surface area (Å²) >= 11 is 5.94. The minimum atomic E-state index is -0.0795. The first-order chi connectivity index (χ1) is 11.7. The number of nitrogens with zero attached hydrogens (tertiary/aromatic N) is 2. The van der Waals surface area contributed by atoms with Gasteiger partial charge >= 0.3 is 0 Å². The van der Waals surface area contributed by atoms with Crippen molar-refractivity contribution < 1.29 is 9.53 Å². The Bertz CT molecular complexity index is 735. The standard InChI is InChI=1S/C18H20ClN3O2/c19-13-7-5-12(6-8-13)16-9-22-11-20-17(15(22)10-24-16)18(23)21-14-3-1-2-4-14/h5-8,11,14,16H,1-4,9-10H2,(H,21,23). The Morgan fingerprint density at radius 2 is 2.00 bits per heavy atom. The summed E-state index contributed by atoms with van der Waals surface area (Å²) in [5.41, 5.74) is 2.43. The van der Waals surface area contributed by atoms with Crippen LogP contribution >= 0.6 is 11.6 Å². The summed E-state index contributed by atoms with van der Waals surface area (Å²) in [6, 6.07) is 7.97. The Hall–Kier alpha value is -1.85. The molecular formula is C18H20ClN3O2. The van der Waals surface area contributed by atoms with Gasteiger partial charge in [0.15, 0.2) is 5.69 Å². The fourth-order valence-corrected chi connectivity index (χ4v) is 3.65. The maximum Gasteiger partial charge on any atom is 0.272 e. The second kappa shape index (κ2) is 6.57. The van der Waals surface area contributed by atoms with E-state index < -0.39 is 0 Å². The second-order valence-corrected chi connectivity index (χ2v) is 6.93. The van der Waals surface area contributed by atoms with E-state index in [0.717, 1.165) is 24.1 Å². The molecule has 1 amide bonds. The van der Waals surface area contributed by atoms with Crippen molar-refractivity contribution >= 4 is 17.5 Å². The molecule has 0 radical (unpaired) electrons. The molecule has 1 aromatic heterocycles. The molecule has 0 saturated heterocycles. The lowest BCUT2D eigenvalue weighted by atomic mass is 10.1. The van der Waals surface area contributed by atoms with Crippen LogP contribution in [0.25, 0.3) is 0 Å². The number of ether oxygens (including phenoxy) is 1. The molecule has 1 N–H and O–H groups in total. The maximum absolute atomic E-state index is 12.5. The zero-order chi connectivity index (χ0) is 16.5. The van der Waals surface area contributed by atoms with Crippen LogP contribution in [0.4, 0.5) is 0 Å². The first-order valence-corrected chi connectivity index (χ1v) is 8.80. The highest BCUT2D eigenvalue weighted by atomic mass is 35.5. The molecule has 1 unspecified atom stereocenters. The number of amides is 1. The average molecular weight is 346 g/mol. The van der Waals surface area contributed by atoms with Crippen molar-refractivity contribution in [2.75, 3.05) is 0 Å². The molecule has 1 saturated carbocycles. The number of benzene rings is 1. The van der Waals surface area contributed by atoms with Crippen molar-refractivity contribution in [1.82, 2.24) is 14.9 Å². The van der Waals surface area contributed by atoms with Gasteiger partial charge in [-0.3, -0.25) is 4.79 Å². The first kappa shape index (κ1) is 15.7. The van der Waals surface area contributed by atoms with Gasteiger partial charge in [-0.1, -0.05) is 36.6 Å². The molecule has 5 nitrogen and oxygen atoms in total. The lowest BCUT2D eigenvalue weighted by Gasteiger charge is -2.25. The number of hydrogen-bond acceptors (Lipinski definition) is 3. The van der Waals surface area contributed by atoms with Crippen molar-refractivity contribution in [2.24, 2.45) is 0 Å². The Labute approximate surface area is 146 Å². The van der Waals surface area contributed by atoms with E-state index in [4.69, 9.17) is 16.3 Å². The minimum Gasteiger partial charge on any atom is -0.365 e. The third-order valence-corrected chi connectivity index (χ3v) is 5.13. The lowest BCUT2D eigenvalue weighted by molar-refractivity contribution is 0.00256. The Morgan fingerprint density at radius 1 is 1.25 bits per heavy atom. The van der Waals surface area contributed by atoms with E-state index in [1.807, 2.05) is 28.8 Å². The van der Waals surface area contributed by atoms with Gasteiger partial charge in [0.05, 0.1) is 25.2 Å². The summed E-state index contributed by atoms with van der Waals surface area (Å²) in [6.07, 6.45) is 6.21. The molecule has 6 heteroatoms. The molecule has 126 valence electrons. The van der Waals surface area contributed by atoms with E-state index in [0.29, 0.717) is 29.9 Å². The van der Waals surface area contributed by atoms with Gasteiger partial charge in [0, 0.05) is 11.1 Å². The van der Waals surface area contributed by atoms with Crippen molar-refractivity contribution in [3.63, 3.8) is 0 Å². The molecule has 2 aromatic rings. The minimum absolute atomic E-state index is 0.0466. The lowest BCUT2D eigenvalue weighted by Crippen LogP contribution is -2.34. The van der Waals surface area contributed by atoms with Crippen molar-refractivity contribution in [2.45, 2.75) is 51.0 Å². The summed E-state index contributed by atoms with van der Waals surface area (Å²) in [4.78, 5) is 16.8. The van der Waals surface area contributed by atoms with Gasteiger partial charge in [-0.05, 0) is 30.5 Å². The van der Waals surface area contributed by atoms with Crippen LogP contribution in [0.1, 0.15) is 53.5 Å². The molecule has 4 rings (SSSR count). The quantitative estimate of drug-likeness (QED) is 0.926. The van der Waals surface area contributed by atoms with Gasteiger partial charge in [0.25, 0.3) is 5.91 Å². The van der Waals surface area contributed by atoms with Crippen LogP contribution in [-0.2, 0) is 17.9 Å². The van der Waals surface area contributed by atoms with Gasteiger partial charge in [0.2, 0.25) is 0 Å². The van der Waals surface area contributed by atoms with E-state index in [9.17, 15) is 4.79 Å². The highest BCUT2D eigenvalue weighted by molar-refractivity contribution is 6.30. The third kappa shape index (κ3) is 3.06. The first-order valence-electron chi connectivity index (χ1n) is 8.42. The van der Waals surface area contributed by atoms with E-state index in [1.54, 1.807) is 6.33 Å². The molecule has 1 aromatic carbocycles. The molecule has 2 aliphatic rings. The number of imidazole rings is 1. The van der Waals surface area contributed by atoms with Crippen LogP contribution in [0.2, 0.25) is 5.02 Å². The number of carbonyl (C=O) groups is 1. The molecular weight excluding hydrogens is 326 g/mol. The maximum atomic E-state index is 12.5. The van der Waals surface area contributed by atoms with Gasteiger partial charge in [-0.15, -0.1) is 0 Å².